The van der Waals surface area contributed by atoms with Gasteiger partial charge in [-0.15, -0.1) is 0 Å². The molecule has 0 bridgehead atoms. The van der Waals surface area contributed by atoms with Crippen molar-refractivity contribution in [1.82, 2.24) is 5.32 Å². The fourth-order valence-electron chi connectivity index (χ4n) is 1.88. The zero-order chi connectivity index (χ0) is 9.68. The molecular weight excluding hydrogens is 166 g/mol. The predicted molar refractivity (Wildman–Crippen MR) is 52.7 cm³/mol. The van der Waals surface area contributed by atoms with Gasteiger partial charge in [-0.25, -0.2) is 0 Å². The van der Waals surface area contributed by atoms with Crippen LogP contribution in [-0.4, -0.2) is 37.0 Å². The van der Waals surface area contributed by atoms with E-state index in [1.54, 1.807) is 0 Å². The van der Waals surface area contributed by atoms with E-state index < -0.39 is 0 Å². The van der Waals surface area contributed by atoms with Gasteiger partial charge in [-0.3, -0.25) is 0 Å². The summed E-state index contributed by atoms with van der Waals surface area (Å²) in [6.45, 7) is 6.16. The summed E-state index contributed by atoms with van der Waals surface area (Å²) in [4.78, 5) is 0. The molecule has 0 spiro atoms. The van der Waals surface area contributed by atoms with Gasteiger partial charge in [0.25, 0.3) is 0 Å². The van der Waals surface area contributed by atoms with Crippen LogP contribution in [0.1, 0.15) is 26.7 Å². The molecule has 1 aliphatic rings. The molecule has 0 aromatic heterocycles. The summed E-state index contributed by atoms with van der Waals surface area (Å²) in [6.07, 6.45) is 2.15. The summed E-state index contributed by atoms with van der Waals surface area (Å²) in [5, 5.41) is 12.6. The molecule has 3 nitrogen and oxygen atoms in total. The van der Waals surface area contributed by atoms with Crippen molar-refractivity contribution >= 4 is 0 Å². The molecular formula is C10H21NO2. The van der Waals surface area contributed by atoms with E-state index in [4.69, 9.17) is 4.74 Å². The van der Waals surface area contributed by atoms with Gasteiger partial charge in [-0.05, 0) is 18.8 Å². The van der Waals surface area contributed by atoms with E-state index in [-0.39, 0.29) is 12.6 Å². The number of aliphatic hydroxyl groups is 1. The van der Waals surface area contributed by atoms with Crippen molar-refractivity contribution in [3.63, 3.8) is 0 Å². The summed E-state index contributed by atoms with van der Waals surface area (Å²) >= 11 is 0. The molecule has 0 amide bonds. The molecule has 0 radical (unpaired) electrons. The number of ether oxygens (including phenoxy) is 1. The van der Waals surface area contributed by atoms with Crippen LogP contribution in [0.2, 0.25) is 0 Å². The maximum Gasteiger partial charge on any atom is 0.0587 e. The van der Waals surface area contributed by atoms with Gasteiger partial charge in [0.2, 0.25) is 0 Å². The monoisotopic (exact) mass is 187 g/mol. The summed E-state index contributed by atoms with van der Waals surface area (Å²) in [5.74, 6) is 0.584. The quantitative estimate of drug-likeness (QED) is 0.683. The molecule has 1 saturated heterocycles. The Morgan fingerprint density at radius 3 is 2.46 bits per heavy atom. The molecule has 3 heteroatoms. The molecule has 13 heavy (non-hydrogen) atoms. The Hall–Kier alpha value is -0.120. The van der Waals surface area contributed by atoms with E-state index >= 15 is 0 Å². The first-order valence-electron chi connectivity index (χ1n) is 5.18. The second-order valence-corrected chi connectivity index (χ2v) is 4.06. The van der Waals surface area contributed by atoms with E-state index in [2.05, 4.69) is 19.2 Å². The largest absolute Gasteiger partial charge is 0.395 e. The van der Waals surface area contributed by atoms with Crippen LogP contribution >= 0.6 is 0 Å². The lowest BCUT2D eigenvalue weighted by atomic mass is 9.92. The number of aliphatic hydroxyl groups excluding tert-OH is 1. The highest BCUT2D eigenvalue weighted by Crippen LogP contribution is 2.18. The Bertz CT molecular complexity index is 133. The summed E-state index contributed by atoms with van der Waals surface area (Å²) < 4.78 is 5.29. The molecule has 1 rings (SSSR count). The normalized spacial score (nSPS) is 22.2. The number of rotatable bonds is 4. The Labute approximate surface area is 80.5 Å². The Balaban J connectivity index is 2.34. The average molecular weight is 187 g/mol. The third-order valence-electron chi connectivity index (χ3n) is 2.58. The fraction of sp³-hybridized carbons (Fsp3) is 1.00. The van der Waals surface area contributed by atoms with Gasteiger partial charge in [0.1, 0.15) is 0 Å². The highest BCUT2D eigenvalue weighted by atomic mass is 16.5. The van der Waals surface area contributed by atoms with E-state index in [1.165, 1.54) is 0 Å². The van der Waals surface area contributed by atoms with Crippen molar-refractivity contribution in [3.8, 4) is 0 Å². The Kier molecular flexibility index (Phi) is 4.70. The first-order valence-corrected chi connectivity index (χ1v) is 5.18. The van der Waals surface area contributed by atoms with E-state index in [0.29, 0.717) is 12.0 Å². The number of hydrogen-bond donors (Lipinski definition) is 2. The topological polar surface area (TPSA) is 41.5 Å². The van der Waals surface area contributed by atoms with Gasteiger partial charge >= 0.3 is 0 Å². The second kappa shape index (κ2) is 5.58. The van der Waals surface area contributed by atoms with Crippen LogP contribution in [0.5, 0.6) is 0 Å². The molecule has 0 aliphatic carbocycles. The fourth-order valence-corrected chi connectivity index (χ4v) is 1.88. The predicted octanol–water partition coefficient (Wildman–Crippen LogP) is 0.772. The second-order valence-electron chi connectivity index (χ2n) is 4.06. The van der Waals surface area contributed by atoms with Crippen LogP contribution in [0.4, 0.5) is 0 Å². The Morgan fingerprint density at radius 1 is 1.38 bits per heavy atom. The van der Waals surface area contributed by atoms with Gasteiger partial charge in [-0.2, -0.15) is 0 Å². The SMILES string of the molecule is CC(C)NC(CO)C1CCOCC1. The molecule has 2 N–H and O–H groups in total. The molecule has 78 valence electrons. The minimum atomic E-state index is 0.239. The van der Waals surface area contributed by atoms with E-state index in [9.17, 15) is 5.11 Å². The van der Waals surface area contributed by atoms with Crippen LogP contribution in [0, 0.1) is 5.92 Å². The van der Waals surface area contributed by atoms with Gasteiger partial charge < -0.3 is 15.2 Å². The van der Waals surface area contributed by atoms with Crippen molar-refractivity contribution in [3.05, 3.63) is 0 Å². The van der Waals surface area contributed by atoms with Gasteiger partial charge in [-0.1, -0.05) is 13.8 Å². The summed E-state index contributed by atoms with van der Waals surface area (Å²) in [7, 11) is 0. The standard InChI is InChI=1S/C10H21NO2/c1-8(2)11-10(7-12)9-3-5-13-6-4-9/h8-12H,3-7H2,1-2H3. The van der Waals surface area contributed by atoms with Gasteiger partial charge in [0.05, 0.1) is 6.61 Å². The van der Waals surface area contributed by atoms with Crippen molar-refractivity contribution < 1.29 is 9.84 Å². The van der Waals surface area contributed by atoms with Crippen LogP contribution < -0.4 is 5.32 Å². The van der Waals surface area contributed by atoms with Gasteiger partial charge in [0.15, 0.2) is 0 Å². The van der Waals surface area contributed by atoms with Crippen LogP contribution in [0.25, 0.3) is 0 Å². The highest BCUT2D eigenvalue weighted by molar-refractivity contribution is 4.79. The molecule has 1 fully saturated rings. The lowest BCUT2D eigenvalue weighted by Gasteiger charge is -2.31. The molecule has 0 saturated carbocycles. The molecule has 1 atom stereocenters. The van der Waals surface area contributed by atoms with Gasteiger partial charge in [0, 0.05) is 25.3 Å². The zero-order valence-corrected chi connectivity index (χ0v) is 8.62. The third kappa shape index (κ3) is 3.63. The lowest BCUT2D eigenvalue weighted by molar-refractivity contribution is 0.0423. The smallest absolute Gasteiger partial charge is 0.0587 e. The Morgan fingerprint density at radius 2 is 2.00 bits per heavy atom. The minimum absolute atomic E-state index is 0.239. The summed E-state index contributed by atoms with van der Waals surface area (Å²) in [6, 6.07) is 0.698. The molecule has 0 aromatic carbocycles. The average Bonchev–Trinajstić information content (AvgIpc) is 2.15. The van der Waals surface area contributed by atoms with Crippen LogP contribution in [0.15, 0.2) is 0 Å². The molecule has 1 unspecified atom stereocenters. The first kappa shape index (κ1) is 11.0. The minimum Gasteiger partial charge on any atom is -0.395 e. The molecule has 1 heterocycles. The molecule has 1 aliphatic heterocycles. The lowest BCUT2D eigenvalue weighted by Crippen LogP contribution is -2.44. The number of hydrogen-bond acceptors (Lipinski definition) is 3. The van der Waals surface area contributed by atoms with Crippen LogP contribution in [-0.2, 0) is 4.74 Å². The first-order chi connectivity index (χ1) is 6.24. The number of nitrogens with one attached hydrogen (secondary N) is 1. The van der Waals surface area contributed by atoms with Crippen molar-refractivity contribution in [1.29, 1.82) is 0 Å². The zero-order valence-electron chi connectivity index (χ0n) is 8.62. The third-order valence-corrected chi connectivity index (χ3v) is 2.58. The van der Waals surface area contributed by atoms with Crippen molar-refractivity contribution in [2.24, 2.45) is 5.92 Å². The molecule has 0 aromatic rings. The van der Waals surface area contributed by atoms with E-state index in [0.717, 1.165) is 26.1 Å². The maximum atomic E-state index is 9.22. The van der Waals surface area contributed by atoms with Crippen LogP contribution in [0.3, 0.4) is 0 Å². The van der Waals surface area contributed by atoms with Crippen molar-refractivity contribution in [2.75, 3.05) is 19.8 Å². The summed E-state index contributed by atoms with van der Waals surface area (Å²) in [5.41, 5.74) is 0. The van der Waals surface area contributed by atoms with Crippen molar-refractivity contribution in [2.45, 2.75) is 38.8 Å². The maximum absolute atomic E-state index is 9.22. The van der Waals surface area contributed by atoms with E-state index in [1.807, 2.05) is 0 Å². The highest BCUT2D eigenvalue weighted by Gasteiger charge is 2.23.